The van der Waals surface area contributed by atoms with Crippen molar-refractivity contribution < 1.29 is 0 Å². The Morgan fingerprint density at radius 1 is 1.08 bits per heavy atom. The minimum Gasteiger partial charge on any atom is -0.399 e. The molecule has 10 unspecified atom stereocenters. The molecule has 36 heavy (non-hydrogen) atoms. The number of nitrogens with two attached hydrogens (primary N) is 2. The van der Waals surface area contributed by atoms with Crippen LogP contribution in [0.25, 0.3) is 0 Å². The molecule has 1 aromatic rings. The first-order valence-electron chi connectivity index (χ1n) is 15.5. The van der Waals surface area contributed by atoms with Crippen LogP contribution in [-0.2, 0) is 6.42 Å². The van der Waals surface area contributed by atoms with Crippen molar-refractivity contribution in [3.05, 3.63) is 35.4 Å². The molecule has 0 amide bonds. The van der Waals surface area contributed by atoms with E-state index >= 15 is 0 Å². The highest BCUT2D eigenvalue weighted by Gasteiger charge is 2.69. The van der Waals surface area contributed by atoms with E-state index in [-0.39, 0.29) is 0 Å². The van der Waals surface area contributed by atoms with Gasteiger partial charge in [0, 0.05) is 11.4 Å². The second-order valence-corrected chi connectivity index (χ2v) is 14.8. The normalized spacial score (nSPS) is 43.5. The van der Waals surface area contributed by atoms with E-state index in [1.165, 1.54) is 68.9 Å². The van der Waals surface area contributed by atoms with E-state index in [1.807, 2.05) is 12.1 Å². The summed E-state index contributed by atoms with van der Waals surface area (Å²) in [5.74, 6) is 7.79. The van der Waals surface area contributed by atoms with E-state index in [0.717, 1.165) is 65.1 Å². The predicted molar refractivity (Wildman–Crippen MR) is 153 cm³/mol. The number of allylic oxidation sites excluding steroid dienone is 2. The molecule has 0 aromatic heterocycles. The van der Waals surface area contributed by atoms with Crippen molar-refractivity contribution >= 4 is 11.4 Å². The van der Waals surface area contributed by atoms with Crippen LogP contribution in [0.2, 0.25) is 0 Å². The van der Waals surface area contributed by atoms with Gasteiger partial charge in [0.15, 0.2) is 0 Å². The molecule has 5 aliphatic rings. The summed E-state index contributed by atoms with van der Waals surface area (Å²) in [6.45, 7) is 9.86. The molecule has 5 saturated carbocycles. The van der Waals surface area contributed by atoms with Crippen LogP contribution in [0, 0.1) is 58.2 Å². The molecule has 0 radical (unpaired) electrons. The quantitative estimate of drug-likeness (QED) is 0.311. The predicted octanol–water partition coefficient (Wildman–Crippen LogP) is 8.66. The summed E-state index contributed by atoms with van der Waals surface area (Å²) in [5, 5.41) is 0. The van der Waals surface area contributed by atoms with Gasteiger partial charge in [-0.1, -0.05) is 31.6 Å². The van der Waals surface area contributed by atoms with Crippen molar-refractivity contribution in [3.8, 4) is 0 Å². The SMILES string of the molecule is CC(C)=CCCC(C)C1CCC2C3CCC4CC(Cc5ccc(N)cc5N)CCC45CC(CC12C)C35. The smallest absolute Gasteiger partial charge is 0.0367 e. The Balaban J connectivity index is 1.14. The van der Waals surface area contributed by atoms with E-state index < -0.39 is 0 Å². The molecule has 5 aliphatic carbocycles. The average Bonchev–Trinajstić information content (AvgIpc) is 3.16. The maximum atomic E-state index is 6.34. The van der Waals surface area contributed by atoms with Crippen molar-refractivity contribution in [2.24, 2.45) is 58.2 Å². The second-order valence-electron chi connectivity index (χ2n) is 14.8. The molecular weight excluding hydrogens is 436 g/mol. The highest BCUT2D eigenvalue weighted by molar-refractivity contribution is 5.56. The second kappa shape index (κ2) is 9.09. The first-order chi connectivity index (χ1) is 17.2. The fourth-order valence-corrected chi connectivity index (χ4v) is 11.5. The first-order valence-corrected chi connectivity index (χ1v) is 15.5. The maximum Gasteiger partial charge on any atom is 0.0367 e. The van der Waals surface area contributed by atoms with Crippen LogP contribution in [0.15, 0.2) is 29.8 Å². The van der Waals surface area contributed by atoms with Gasteiger partial charge in [0.2, 0.25) is 0 Å². The lowest BCUT2D eigenvalue weighted by atomic mass is 9.32. The number of hydrogen-bond acceptors (Lipinski definition) is 2. The van der Waals surface area contributed by atoms with Gasteiger partial charge in [-0.25, -0.2) is 0 Å². The minimum absolute atomic E-state index is 0.620. The van der Waals surface area contributed by atoms with Crippen LogP contribution in [0.4, 0.5) is 11.4 Å². The topological polar surface area (TPSA) is 52.0 Å². The van der Waals surface area contributed by atoms with Gasteiger partial charge in [-0.2, -0.15) is 0 Å². The van der Waals surface area contributed by atoms with E-state index in [9.17, 15) is 0 Å². The lowest BCUT2D eigenvalue weighted by Gasteiger charge is -2.72. The summed E-state index contributed by atoms with van der Waals surface area (Å²) in [4.78, 5) is 0. The Morgan fingerprint density at radius 2 is 1.92 bits per heavy atom. The highest BCUT2D eigenvalue weighted by atomic mass is 14.7. The Bertz CT molecular complexity index is 1010. The van der Waals surface area contributed by atoms with Crippen molar-refractivity contribution in [2.45, 2.75) is 105 Å². The molecule has 1 spiro atoms. The largest absolute Gasteiger partial charge is 0.399 e. The lowest BCUT2D eigenvalue weighted by molar-refractivity contribution is -0.236. The van der Waals surface area contributed by atoms with Gasteiger partial charge in [-0.3, -0.25) is 0 Å². The van der Waals surface area contributed by atoms with Gasteiger partial charge in [-0.15, -0.1) is 0 Å². The van der Waals surface area contributed by atoms with Gasteiger partial charge in [-0.05, 0) is 167 Å². The number of fused-ring (bicyclic) bond motifs is 2. The summed E-state index contributed by atoms with van der Waals surface area (Å²) in [5.41, 5.74) is 18.1. The molecule has 4 N–H and O–H groups in total. The third-order valence-electron chi connectivity index (χ3n) is 12.8. The number of rotatable bonds is 6. The Labute approximate surface area is 221 Å². The highest BCUT2D eigenvalue weighted by Crippen LogP contribution is 2.77. The van der Waals surface area contributed by atoms with Crippen LogP contribution < -0.4 is 11.5 Å². The molecular formula is C34H52N2. The summed E-state index contributed by atoms with van der Waals surface area (Å²) in [7, 11) is 0. The lowest BCUT2D eigenvalue weighted by Crippen LogP contribution is -2.65. The molecule has 0 heterocycles. The standard InChI is InChI=1S/C34H52N2/c1-21(2)6-5-7-22(3)29-12-13-30-28-11-9-26-17-23(16-24-8-10-27(35)18-31(24)36)14-15-34(26)20-25(32(28)34)19-33(29,30)4/h6,8,10,18,22-23,25-26,28-30,32H,5,7,9,11-17,19-20,35-36H2,1-4H3. The van der Waals surface area contributed by atoms with Gasteiger partial charge in [0.1, 0.15) is 0 Å². The molecule has 1 aromatic carbocycles. The molecule has 0 aliphatic heterocycles. The first kappa shape index (κ1) is 24.9. The van der Waals surface area contributed by atoms with Gasteiger partial charge in [0.25, 0.3) is 0 Å². The molecule has 198 valence electrons. The monoisotopic (exact) mass is 488 g/mol. The zero-order valence-corrected chi connectivity index (χ0v) is 23.6. The summed E-state index contributed by atoms with van der Waals surface area (Å²) < 4.78 is 0. The van der Waals surface area contributed by atoms with Crippen molar-refractivity contribution in [2.75, 3.05) is 11.5 Å². The molecule has 6 rings (SSSR count). The minimum atomic E-state index is 0.620. The van der Waals surface area contributed by atoms with Crippen molar-refractivity contribution in [3.63, 3.8) is 0 Å². The third kappa shape index (κ3) is 3.87. The fourth-order valence-electron chi connectivity index (χ4n) is 11.5. The molecule has 0 bridgehead atoms. The average molecular weight is 489 g/mol. The third-order valence-corrected chi connectivity index (χ3v) is 12.8. The van der Waals surface area contributed by atoms with Crippen molar-refractivity contribution in [1.29, 1.82) is 0 Å². The molecule has 2 heteroatoms. The molecule has 2 nitrogen and oxygen atoms in total. The van der Waals surface area contributed by atoms with Gasteiger partial charge < -0.3 is 11.5 Å². The van der Waals surface area contributed by atoms with Crippen molar-refractivity contribution in [1.82, 2.24) is 0 Å². The number of anilines is 2. The van der Waals surface area contributed by atoms with Gasteiger partial charge >= 0.3 is 0 Å². The molecule has 5 fully saturated rings. The number of hydrogen-bond donors (Lipinski definition) is 2. The van der Waals surface area contributed by atoms with E-state index in [0.29, 0.717) is 10.8 Å². The summed E-state index contributed by atoms with van der Waals surface area (Å²) in [6, 6.07) is 6.18. The summed E-state index contributed by atoms with van der Waals surface area (Å²) in [6.07, 6.45) is 19.9. The zero-order valence-electron chi connectivity index (χ0n) is 23.6. The van der Waals surface area contributed by atoms with E-state index in [2.05, 4.69) is 39.8 Å². The van der Waals surface area contributed by atoms with Crippen LogP contribution in [-0.4, -0.2) is 0 Å². The van der Waals surface area contributed by atoms with Gasteiger partial charge in [0.05, 0.1) is 0 Å². The number of nitrogen functional groups attached to an aromatic ring is 2. The molecule has 10 atom stereocenters. The summed E-state index contributed by atoms with van der Waals surface area (Å²) >= 11 is 0. The Hall–Kier alpha value is -1.44. The van der Waals surface area contributed by atoms with E-state index in [1.54, 1.807) is 12.8 Å². The fraction of sp³-hybridized carbons (Fsp3) is 0.765. The number of benzene rings is 1. The zero-order chi connectivity index (χ0) is 25.2. The molecule has 0 saturated heterocycles. The van der Waals surface area contributed by atoms with E-state index in [4.69, 9.17) is 11.5 Å². The maximum absolute atomic E-state index is 6.34. The Morgan fingerprint density at radius 3 is 2.69 bits per heavy atom. The Kier molecular flexibility index (Phi) is 6.28. The van der Waals surface area contributed by atoms with Crippen LogP contribution in [0.3, 0.4) is 0 Å². The van der Waals surface area contributed by atoms with Crippen LogP contribution >= 0.6 is 0 Å². The van der Waals surface area contributed by atoms with Crippen LogP contribution in [0.1, 0.15) is 104 Å². The van der Waals surface area contributed by atoms with Crippen LogP contribution in [0.5, 0.6) is 0 Å².